The maximum absolute atomic E-state index is 12.6. The molecular formula is C24H43NO11. The van der Waals surface area contributed by atoms with Gasteiger partial charge in [0.05, 0.1) is 12.7 Å². The van der Waals surface area contributed by atoms with Gasteiger partial charge in [0.2, 0.25) is 5.91 Å². The third-order valence-corrected chi connectivity index (χ3v) is 9.05. The van der Waals surface area contributed by atoms with Crippen LogP contribution in [0.15, 0.2) is 0 Å². The minimum absolute atomic E-state index is 0.127. The monoisotopic (exact) mass is 521 g/mol. The zero-order valence-corrected chi connectivity index (χ0v) is 23.1. The summed E-state index contributed by atoms with van der Waals surface area (Å²) >= 11 is 0. The molecule has 12 nitrogen and oxygen atoms in total. The lowest BCUT2D eigenvalue weighted by molar-refractivity contribution is -0.430. The topological polar surface area (TPSA) is 173 Å². The van der Waals surface area contributed by atoms with Gasteiger partial charge in [0.15, 0.2) is 11.9 Å². The van der Waals surface area contributed by atoms with Crippen molar-refractivity contribution < 1.29 is 53.7 Å². The SMILES string of the molecule is COCC1(C)OC(OC2(C)C(C)(C(=O)O)OC(C)C(C)(O)C2(C)O)C(C)(NC(C)=O)C(C)(OC)C1O. The molecule has 2 rings (SSSR count). The number of amides is 1. The van der Waals surface area contributed by atoms with Gasteiger partial charge in [-0.05, 0) is 55.4 Å². The smallest absolute Gasteiger partial charge is 0.338 e. The van der Waals surface area contributed by atoms with E-state index in [1.807, 2.05) is 0 Å². The number of carbonyl (C=O) groups is 2. The summed E-state index contributed by atoms with van der Waals surface area (Å²) in [6.45, 7) is 12.3. The maximum atomic E-state index is 12.6. The van der Waals surface area contributed by atoms with E-state index in [1.54, 1.807) is 13.8 Å². The van der Waals surface area contributed by atoms with Gasteiger partial charge in [0.1, 0.15) is 39.6 Å². The van der Waals surface area contributed by atoms with Gasteiger partial charge >= 0.3 is 5.97 Å². The number of carbonyl (C=O) groups excluding carboxylic acids is 1. The van der Waals surface area contributed by atoms with E-state index in [0.717, 1.165) is 0 Å². The Kier molecular flexibility index (Phi) is 7.82. The van der Waals surface area contributed by atoms with Crippen LogP contribution in [0.5, 0.6) is 0 Å². The van der Waals surface area contributed by atoms with Crippen molar-refractivity contribution in [2.75, 3.05) is 20.8 Å². The van der Waals surface area contributed by atoms with Crippen LogP contribution < -0.4 is 5.32 Å². The third kappa shape index (κ3) is 3.89. The zero-order chi connectivity index (χ0) is 28.3. The van der Waals surface area contributed by atoms with Crippen LogP contribution in [0.1, 0.15) is 62.3 Å². The minimum atomic E-state index is -2.23. The molecule has 12 heteroatoms. The first-order valence-electron chi connectivity index (χ1n) is 11.8. The van der Waals surface area contributed by atoms with Gasteiger partial charge in [0.25, 0.3) is 0 Å². The fraction of sp³-hybridized carbons (Fsp3) is 0.917. The number of rotatable bonds is 7. The Morgan fingerprint density at radius 1 is 1.00 bits per heavy atom. The first-order valence-corrected chi connectivity index (χ1v) is 11.8. The molecule has 2 heterocycles. The van der Waals surface area contributed by atoms with Gasteiger partial charge in [-0.15, -0.1) is 0 Å². The number of aliphatic hydroxyl groups is 3. The van der Waals surface area contributed by atoms with Crippen LogP contribution >= 0.6 is 0 Å². The summed E-state index contributed by atoms with van der Waals surface area (Å²) in [6, 6.07) is 0. The van der Waals surface area contributed by atoms with E-state index in [2.05, 4.69) is 5.32 Å². The molecule has 10 atom stereocenters. The maximum Gasteiger partial charge on any atom is 0.338 e. The highest BCUT2D eigenvalue weighted by molar-refractivity contribution is 5.80. The van der Waals surface area contributed by atoms with E-state index < -0.39 is 69.5 Å². The second-order valence-corrected chi connectivity index (χ2v) is 11.3. The van der Waals surface area contributed by atoms with Crippen LogP contribution in [0, 0.1) is 0 Å². The van der Waals surface area contributed by atoms with Crippen LogP contribution in [0.25, 0.3) is 0 Å². The van der Waals surface area contributed by atoms with Gasteiger partial charge in [-0.3, -0.25) is 4.79 Å². The molecule has 210 valence electrons. The molecule has 1 amide bonds. The number of nitrogens with one attached hydrogen (secondary N) is 1. The molecule has 2 aliphatic heterocycles. The van der Waals surface area contributed by atoms with E-state index in [0.29, 0.717) is 0 Å². The second kappa shape index (κ2) is 9.12. The Bertz CT molecular complexity index is 880. The first-order chi connectivity index (χ1) is 16.1. The van der Waals surface area contributed by atoms with Crippen LogP contribution in [0.4, 0.5) is 0 Å². The largest absolute Gasteiger partial charge is 0.479 e. The number of hydrogen-bond acceptors (Lipinski definition) is 10. The summed E-state index contributed by atoms with van der Waals surface area (Å²) in [4.78, 5) is 24.9. The van der Waals surface area contributed by atoms with Crippen LogP contribution in [-0.2, 0) is 33.3 Å². The number of aliphatic carboxylic acids is 1. The Morgan fingerprint density at radius 2 is 1.53 bits per heavy atom. The van der Waals surface area contributed by atoms with Gasteiger partial charge in [0, 0.05) is 21.1 Å². The van der Waals surface area contributed by atoms with E-state index in [1.165, 1.54) is 62.7 Å². The summed E-state index contributed by atoms with van der Waals surface area (Å²) < 4.78 is 29.5. The van der Waals surface area contributed by atoms with Crippen molar-refractivity contribution in [2.24, 2.45) is 0 Å². The summed E-state index contributed by atoms with van der Waals surface area (Å²) in [7, 11) is 2.75. The molecule has 10 unspecified atom stereocenters. The fourth-order valence-corrected chi connectivity index (χ4v) is 5.56. The lowest BCUT2D eigenvalue weighted by Crippen LogP contribution is -2.86. The molecule has 0 radical (unpaired) electrons. The van der Waals surface area contributed by atoms with Gasteiger partial charge in [-0.25, -0.2) is 4.79 Å². The molecule has 2 fully saturated rings. The number of ether oxygens (including phenoxy) is 5. The van der Waals surface area contributed by atoms with Crippen molar-refractivity contribution in [1.82, 2.24) is 5.32 Å². The number of methoxy groups -OCH3 is 2. The molecule has 0 aromatic carbocycles. The Labute approximate surface area is 212 Å². The highest BCUT2D eigenvalue weighted by Gasteiger charge is 2.76. The molecular weight excluding hydrogens is 478 g/mol. The predicted molar refractivity (Wildman–Crippen MR) is 126 cm³/mol. The average molecular weight is 522 g/mol. The van der Waals surface area contributed by atoms with E-state index in [9.17, 15) is 30.0 Å². The van der Waals surface area contributed by atoms with Crippen molar-refractivity contribution in [1.29, 1.82) is 0 Å². The van der Waals surface area contributed by atoms with Crippen LogP contribution in [0.3, 0.4) is 0 Å². The molecule has 0 saturated carbocycles. The highest BCUT2D eigenvalue weighted by Crippen LogP contribution is 2.54. The molecule has 0 bridgehead atoms. The number of carboxylic acid groups (broad SMARTS) is 1. The summed E-state index contributed by atoms with van der Waals surface area (Å²) in [6.07, 6.45) is -4.02. The first kappa shape index (κ1) is 30.8. The van der Waals surface area contributed by atoms with Crippen molar-refractivity contribution in [3.63, 3.8) is 0 Å². The quantitative estimate of drug-likeness (QED) is 0.304. The molecule has 36 heavy (non-hydrogen) atoms. The van der Waals surface area contributed by atoms with Crippen molar-refractivity contribution in [3.05, 3.63) is 0 Å². The van der Waals surface area contributed by atoms with E-state index in [-0.39, 0.29) is 6.61 Å². The molecule has 2 saturated heterocycles. The summed E-state index contributed by atoms with van der Waals surface area (Å²) in [5.74, 6) is -1.97. The molecule has 0 aromatic heterocycles. The van der Waals surface area contributed by atoms with Crippen molar-refractivity contribution in [2.45, 2.75) is 120 Å². The zero-order valence-electron chi connectivity index (χ0n) is 23.1. The Morgan fingerprint density at radius 3 is 1.94 bits per heavy atom. The van der Waals surface area contributed by atoms with Crippen LogP contribution in [0.2, 0.25) is 0 Å². The fourth-order valence-electron chi connectivity index (χ4n) is 5.56. The minimum Gasteiger partial charge on any atom is -0.479 e. The Hall–Kier alpha value is -1.38. The summed E-state index contributed by atoms with van der Waals surface area (Å²) in [5.41, 5.74) is -13.3. The summed E-state index contributed by atoms with van der Waals surface area (Å²) in [5, 5.41) is 47.4. The Balaban J connectivity index is 2.84. The predicted octanol–water partition coefficient (Wildman–Crippen LogP) is -0.0521. The number of aliphatic hydroxyl groups excluding tert-OH is 1. The molecule has 0 aromatic rings. The van der Waals surface area contributed by atoms with Gasteiger partial charge in [-0.1, -0.05) is 0 Å². The number of hydrogen-bond donors (Lipinski definition) is 5. The number of carboxylic acids is 1. The molecule has 5 N–H and O–H groups in total. The average Bonchev–Trinajstić information content (AvgIpc) is 2.74. The van der Waals surface area contributed by atoms with Crippen molar-refractivity contribution >= 4 is 11.9 Å². The standard InChI is InChI=1S/C24H43NO11/c1-13-20(5,30)23(8,31)24(9,22(7,34-13)16(28)29)36-17-19(4,25-14(2)26)21(6,33-11)15(27)18(3,35-17)12-32-10/h13,15,17,27,30-31H,12H2,1-11H3,(H,25,26)(H,28,29). The lowest BCUT2D eigenvalue weighted by Gasteiger charge is -2.65. The highest BCUT2D eigenvalue weighted by atomic mass is 16.7. The molecule has 0 aliphatic carbocycles. The lowest BCUT2D eigenvalue weighted by atomic mass is 9.61. The molecule has 0 spiro atoms. The van der Waals surface area contributed by atoms with Crippen molar-refractivity contribution in [3.8, 4) is 0 Å². The van der Waals surface area contributed by atoms with Crippen LogP contribution in [-0.4, -0.2) is 111 Å². The van der Waals surface area contributed by atoms with E-state index in [4.69, 9.17) is 23.7 Å². The van der Waals surface area contributed by atoms with Gasteiger partial charge in [-0.2, -0.15) is 0 Å². The van der Waals surface area contributed by atoms with E-state index >= 15 is 0 Å². The second-order valence-electron chi connectivity index (χ2n) is 11.3. The molecule has 2 aliphatic rings. The normalized spacial score (nSPS) is 51.6. The third-order valence-electron chi connectivity index (χ3n) is 9.05. The van der Waals surface area contributed by atoms with Gasteiger partial charge < -0.3 is 49.4 Å².